The van der Waals surface area contributed by atoms with Crippen molar-refractivity contribution in [2.75, 3.05) is 0 Å². The van der Waals surface area contributed by atoms with Gasteiger partial charge in [0.15, 0.2) is 0 Å². The van der Waals surface area contributed by atoms with Gasteiger partial charge in [-0.15, -0.1) is 0 Å². The van der Waals surface area contributed by atoms with Crippen LogP contribution in [0.3, 0.4) is 0 Å². The second-order valence-corrected chi connectivity index (χ2v) is 16.2. The second kappa shape index (κ2) is 9.63. The molecule has 178 valence electrons. The maximum atomic E-state index is 10.7. The van der Waals surface area contributed by atoms with Gasteiger partial charge in [-0.25, -0.2) is 0 Å². The van der Waals surface area contributed by atoms with Gasteiger partial charge in [0.05, 0.1) is 0 Å². The Morgan fingerprint density at radius 1 is 0.556 bits per heavy atom. The van der Waals surface area contributed by atoms with Crippen molar-refractivity contribution in [1.82, 2.24) is 0 Å². The number of alkyl halides is 1. The van der Waals surface area contributed by atoms with E-state index >= 15 is 0 Å². The second-order valence-electron chi connectivity index (χ2n) is 10.5. The molecule has 1 aliphatic carbocycles. The molecule has 0 heterocycles. The van der Waals surface area contributed by atoms with Crippen LogP contribution < -0.4 is 0 Å². The van der Waals surface area contributed by atoms with Crippen molar-refractivity contribution in [2.45, 2.75) is 55.8 Å². The summed E-state index contributed by atoms with van der Waals surface area (Å²) in [5.74, 6) is 0. The van der Waals surface area contributed by atoms with Crippen LogP contribution in [-0.4, -0.2) is 3.42 Å². The van der Waals surface area contributed by atoms with Gasteiger partial charge in [-0.05, 0) is 0 Å². The molecule has 0 aliphatic heterocycles. The van der Waals surface area contributed by atoms with Crippen LogP contribution in [-0.2, 0) is 10.8 Å². The van der Waals surface area contributed by atoms with E-state index in [1.54, 1.807) is 0 Å². The fraction of sp³-hybridized carbons (Fsp3) is 0.300. The predicted molar refractivity (Wildman–Crippen MR) is 147 cm³/mol. The molecule has 0 atom stereocenters. The Bertz CT molecular complexity index is 1370. The third-order valence-electron chi connectivity index (χ3n) is 6.18. The summed E-state index contributed by atoms with van der Waals surface area (Å²) in [5.41, 5.74) is 1.55. The van der Waals surface area contributed by atoms with Crippen LogP contribution in [0.4, 0.5) is 0 Å². The first kappa shape index (κ1) is 26.7. The average molecular weight is 583 g/mol. The first-order valence-electron chi connectivity index (χ1n) is 11.3. The minimum absolute atomic E-state index is 0.0798. The molecule has 0 radical (unpaired) electrons. The van der Waals surface area contributed by atoms with E-state index in [2.05, 4.69) is 59.8 Å². The van der Waals surface area contributed by atoms with Crippen molar-refractivity contribution in [1.29, 1.82) is 26.3 Å². The van der Waals surface area contributed by atoms with Gasteiger partial charge in [0.1, 0.15) is 0 Å². The molecule has 0 N–H and O–H groups in total. The Hall–Kier alpha value is -3.90. The number of hydrogen-bond acceptors (Lipinski definition) is 5. The van der Waals surface area contributed by atoms with E-state index < -0.39 is 23.2 Å². The molecule has 5 nitrogen and oxygen atoms in total. The summed E-state index contributed by atoms with van der Waals surface area (Å²) in [6, 6.07) is 26.3. The molecule has 0 bridgehead atoms. The van der Waals surface area contributed by atoms with Crippen molar-refractivity contribution in [3.05, 3.63) is 89.1 Å². The Kier molecular flexibility index (Phi) is 7.14. The number of nitriles is 5. The van der Waals surface area contributed by atoms with Crippen molar-refractivity contribution in [3.63, 3.8) is 0 Å². The van der Waals surface area contributed by atoms with E-state index in [1.165, 1.54) is 0 Å². The Balaban J connectivity index is 2.43. The monoisotopic (exact) mass is 583 g/mol. The summed E-state index contributed by atoms with van der Waals surface area (Å²) >= 11 is -3.02. The molecule has 0 saturated heterocycles. The summed E-state index contributed by atoms with van der Waals surface area (Å²) in [5, 5.41) is 50.7. The van der Waals surface area contributed by atoms with Crippen molar-refractivity contribution >= 4 is 19.8 Å². The van der Waals surface area contributed by atoms with E-state index in [9.17, 15) is 26.3 Å². The molecular formula is C30H26IN5. The topological polar surface area (TPSA) is 119 Å². The van der Waals surface area contributed by atoms with Gasteiger partial charge in [-0.3, -0.25) is 0 Å². The third kappa shape index (κ3) is 4.29. The van der Waals surface area contributed by atoms with Crippen molar-refractivity contribution in [2.24, 2.45) is 0 Å². The standard InChI is InChI=1S/C30H26IN5/c1-28(2,3)20-7-11-22(12-8-20)31(23-13-9-21(10-14-23)29(4,5)6)30(19-36)26(17-34)24(15-32)25(16-33)27(30)18-35/h7-14H,1-6H3. The van der Waals surface area contributed by atoms with E-state index in [0.717, 1.165) is 18.3 Å². The van der Waals surface area contributed by atoms with Gasteiger partial charge in [-0.1, -0.05) is 0 Å². The number of allylic oxidation sites excluding steroid dienone is 4. The molecule has 2 aromatic carbocycles. The number of hydrogen-bond donors (Lipinski definition) is 0. The molecule has 3 rings (SSSR count). The number of benzene rings is 2. The molecule has 6 heteroatoms. The van der Waals surface area contributed by atoms with Crippen LogP contribution in [0.1, 0.15) is 52.7 Å². The normalized spacial score (nSPS) is 15.3. The van der Waals surface area contributed by atoms with E-state index in [-0.39, 0.29) is 33.1 Å². The molecule has 0 saturated carbocycles. The average Bonchev–Trinajstić information content (AvgIpc) is 3.12. The summed E-state index contributed by atoms with van der Waals surface area (Å²) in [6.45, 7) is 12.7. The van der Waals surface area contributed by atoms with Crippen LogP contribution in [0.5, 0.6) is 0 Å². The fourth-order valence-corrected chi connectivity index (χ4v) is 11.0. The van der Waals surface area contributed by atoms with Crippen LogP contribution >= 0.6 is 19.8 Å². The molecule has 36 heavy (non-hydrogen) atoms. The van der Waals surface area contributed by atoms with Gasteiger partial charge < -0.3 is 0 Å². The third-order valence-corrected chi connectivity index (χ3v) is 13.0. The van der Waals surface area contributed by atoms with Crippen LogP contribution in [0, 0.1) is 63.8 Å². The molecule has 0 unspecified atom stereocenters. The molecular weight excluding hydrogens is 557 g/mol. The summed E-state index contributed by atoms with van der Waals surface area (Å²) in [4.78, 5) is 0. The minimum atomic E-state index is -3.02. The van der Waals surface area contributed by atoms with Crippen LogP contribution in [0.15, 0.2) is 70.8 Å². The molecule has 0 fully saturated rings. The molecule has 0 spiro atoms. The van der Waals surface area contributed by atoms with E-state index in [0.29, 0.717) is 0 Å². The Morgan fingerprint density at radius 3 is 1.11 bits per heavy atom. The number of rotatable bonds is 3. The van der Waals surface area contributed by atoms with Gasteiger partial charge in [0.2, 0.25) is 0 Å². The van der Waals surface area contributed by atoms with E-state index in [1.807, 2.05) is 60.7 Å². The number of halogens is 1. The summed E-state index contributed by atoms with van der Waals surface area (Å²) in [6.07, 6.45) is 0. The van der Waals surface area contributed by atoms with Crippen LogP contribution in [0.25, 0.3) is 0 Å². The van der Waals surface area contributed by atoms with Gasteiger partial charge in [0.25, 0.3) is 0 Å². The Labute approximate surface area is 220 Å². The zero-order chi connectivity index (χ0) is 26.9. The molecule has 0 aromatic heterocycles. The first-order valence-corrected chi connectivity index (χ1v) is 14.6. The molecule has 2 aromatic rings. The zero-order valence-corrected chi connectivity index (χ0v) is 23.4. The summed E-state index contributed by atoms with van der Waals surface area (Å²) in [7, 11) is 0. The number of nitrogens with zero attached hydrogens (tertiary/aromatic N) is 5. The summed E-state index contributed by atoms with van der Waals surface area (Å²) < 4.78 is 0.0826. The maximum absolute atomic E-state index is 10.7. The first-order chi connectivity index (χ1) is 16.9. The zero-order valence-electron chi connectivity index (χ0n) is 21.2. The van der Waals surface area contributed by atoms with E-state index in [4.69, 9.17) is 0 Å². The quantitative estimate of drug-likeness (QED) is 0.291. The van der Waals surface area contributed by atoms with Gasteiger partial charge in [0, 0.05) is 0 Å². The molecule has 1 aliphatic rings. The van der Waals surface area contributed by atoms with Gasteiger partial charge >= 0.3 is 221 Å². The SMILES string of the molecule is CC(C)(C)c1ccc(I(c2ccc(C(C)(C)C)cc2)C2(C#N)C(C#N)=C(C#N)C(C#N)=C2C#N)cc1. The Morgan fingerprint density at radius 2 is 0.889 bits per heavy atom. The van der Waals surface area contributed by atoms with Crippen molar-refractivity contribution < 1.29 is 0 Å². The molecule has 0 amide bonds. The fourth-order valence-electron chi connectivity index (χ4n) is 4.16. The predicted octanol–water partition coefficient (Wildman–Crippen LogP) is 6.79. The van der Waals surface area contributed by atoms with Gasteiger partial charge in [-0.2, -0.15) is 0 Å². The van der Waals surface area contributed by atoms with Crippen molar-refractivity contribution in [3.8, 4) is 30.3 Å². The van der Waals surface area contributed by atoms with Crippen LogP contribution in [0.2, 0.25) is 0 Å².